The highest BCUT2D eigenvalue weighted by Gasteiger charge is 2.33. The van der Waals surface area contributed by atoms with Gasteiger partial charge in [-0.3, -0.25) is 9.59 Å². The molecule has 0 spiro atoms. The third-order valence-electron chi connectivity index (χ3n) is 2.90. The topological polar surface area (TPSA) is 52.6 Å². The van der Waals surface area contributed by atoms with Gasteiger partial charge < -0.3 is 9.47 Å². The lowest BCUT2D eigenvalue weighted by atomic mass is 9.98. The molecule has 8 heteroatoms. The number of esters is 2. The minimum atomic E-state index is -4.44. The fourth-order valence-electron chi connectivity index (χ4n) is 1.84. The molecule has 0 aliphatic carbocycles. The summed E-state index contributed by atoms with van der Waals surface area (Å²) in [4.78, 5) is 23.9. The fourth-order valence-corrected chi connectivity index (χ4v) is 1.84. The summed E-state index contributed by atoms with van der Waals surface area (Å²) in [6, 6.07) is 4.25. The zero-order valence-electron chi connectivity index (χ0n) is 13.8. The van der Waals surface area contributed by atoms with Crippen LogP contribution in [0.25, 0.3) is 0 Å². The average molecular weight is 460 g/mol. The van der Waals surface area contributed by atoms with Crippen molar-refractivity contribution in [3.05, 3.63) is 35.4 Å². The molecule has 0 aromatic heterocycles. The van der Waals surface area contributed by atoms with Gasteiger partial charge in [0.05, 0.1) is 12.7 Å². The van der Waals surface area contributed by atoms with E-state index in [1.54, 1.807) is 20.8 Å². The molecule has 4 nitrogen and oxygen atoms in total. The summed E-state index contributed by atoms with van der Waals surface area (Å²) < 4.78 is 47.3. The normalized spacial score (nSPS) is 12.8. The van der Waals surface area contributed by atoms with E-state index in [4.69, 9.17) is 4.74 Å². The Labute approximate surface area is 155 Å². The molecule has 0 radical (unpaired) electrons. The second-order valence-electron chi connectivity index (χ2n) is 6.01. The second kappa shape index (κ2) is 8.68. The monoisotopic (exact) mass is 460 g/mol. The molecule has 0 aliphatic heterocycles. The molecular weight excluding hydrogens is 440 g/mol. The van der Waals surface area contributed by atoms with Crippen LogP contribution in [0.2, 0.25) is 0 Å². The molecule has 0 unspecified atom stereocenters. The molecule has 1 aromatic carbocycles. The molecular formula is C16H20F3IO4. The number of rotatable bonds is 4. The van der Waals surface area contributed by atoms with Crippen molar-refractivity contribution in [3.63, 3.8) is 0 Å². The molecule has 1 atom stereocenters. The van der Waals surface area contributed by atoms with Crippen molar-refractivity contribution >= 4 is 35.9 Å². The molecule has 0 N–H and O–H groups in total. The quantitative estimate of drug-likeness (QED) is 0.388. The Hall–Kier alpha value is -1.32. The first-order valence-electron chi connectivity index (χ1n) is 6.91. The van der Waals surface area contributed by atoms with Crippen LogP contribution in [0.5, 0.6) is 0 Å². The number of alkyl halides is 3. The van der Waals surface area contributed by atoms with Gasteiger partial charge >= 0.3 is 18.1 Å². The van der Waals surface area contributed by atoms with E-state index in [-0.39, 0.29) is 30.4 Å². The maximum atomic E-state index is 12.5. The van der Waals surface area contributed by atoms with E-state index >= 15 is 0 Å². The summed E-state index contributed by atoms with van der Waals surface area (Å²) in [5.74, 6) is -2.79. The van der Waals surface area contributed by atoms with E-state index in [0.717, 1.165) is 19.2 Å². The van der Waals surface area contributed by atoms with Crippen LogP contribution in [0.3, 0.4) is 0 Å². The van der Waals surface area contributed by atoms with Crippen LogP contribution < -0.4 is 0 Å². The van der Waals surface area contributed by atoms with Crippen molar-refractivity contribution < 1.29 is 32.2 Å². The Bertz CT molecular complexity index is 562. The highest BCUT2D eigenvalue weighted by Crippen LogP contribution is 2.29. The van der Waals surface area contributed by atoms with Crippen molar-refractivity contribution in [1.82, 2.24) is 0 Å². The van der Waals surface area contributed by atoms with Gasteiger partial charge in [-0.15, -0.1) is 24.0 Å². The van der Waals surface area contributed by atoms with Gasteiger partial charge in [0.2, 0.25) is 0 Å². The number of carbonyl (C=O) groups is 2. The van der Waals surface area contributed by atoms with Crippen LogP contribution >= 0.6 is 24.0 Å². The third kappa shape index (κ3) is 7.06. The number of carbonyl (C=O) groups excluding carboxylic acids is 2. The van der Waals surface area contributed by atoms with E-state index in [2.05, 4.69) is 4.74 Å². The van der Waals surface area contributed by atoms with E-state index in [1.807, 2.05) is 0 Å². The molecule has 1 aromatic rings. The van der Waals surface area contributed by atoms with Crippen LogP contribution in [0.4, 0.5) is 13.2 Å². The largest absolute Gasteiger partial charge is 0.468 e. The highest BCUT2D eigenvalue weighted by atomic mass is 127. The molecule has 24 heavy (non-hydrogen) atoms. The van der Waals surface area contributed by atoms with Gasteiger partial charge in [0.25, 0.3) is 0 Å². The molecule has 0 saturated heterocycles. The van der Waals surface area contributed by atoms with Crippen molar-refractivity contribution in [2.45, 2.75) is 39.0 Å². The first kappa shape index (κ1) is 22.7. The lowest BCUT2D eigenvalue weighted by Crippen LogP contribution is -2.34. The number of benzene rings is 1. The van der Waals surface area contributed by atoms with Gasteiger partial charge in [0.1, 0.15) is 5.60 Å². The first-order chi connectivity index (χ1) is 10.4. The maximum Gasteiger partial charge on any atom is 0.416 e. The SMILES string of the molecule is COC(=O)[C@H](Cc1ccc(C(F)(F)F)cc1)C(=O)OC(C)(C)C.I. The predicted octanol–water partition coefficient (Wildman–Crippen LogP) is 4.00. The van der Waals surface area contributed by atoms with Gasteiger partial charge in [0, 0.05) is 0 Å². The standard InChI is InChI=1S/C16H19F3O4.HI/c1-15(2,3)23-14(21)12(13(20)22-4)9-10-5-7-11(8-6-10)16(17,18)19;/h5-8,12H,9H2,1-4H3;1H/t12-;/m0./s1. The summed E-state index contributed by atoms with van der Waals surface area (Å²) in [7, 11) is 1.13. The molecule has 0 bridgehead atoms. The van der Waals surface area contributed by atoms with Crippen LogP contribution in [-0.2, 0) is 31.7 Å². The summed E-state index contributed by atoms with van der Waals surface area (Å²) in [6.07, 6.45) is -4.54. The number of hydrogen-bond acceptors (Lipinski definition) is 4. The van der Waals surface area contributed by atoms with Crippen LogP contribution in [0.1, 0.15) is 31.9 Å². The zero-order valence-corrected chi connectivity index (χ0v) is 16.1. The van der Waals surface area contributed by atoms with Crippen LogP contribution in [0, 0.1) is 5.92 Å². The Morgan fingerprint density at radius 2 is 1.54 bits per heavy atom. The van der Waals surface area contributed by atoms with E-state index in [0.29, 0.717) is 5.56 Å². The molecule has 136 valence electrons. The van der Waals surface area contributed by atoms with E-state index in [1.165, 1.54) is 12.1 Å². The molecule has 0 saturated carbocycles. The molecule has 0 amide bonds. The fraction of sp³-hybridized carbons (Fsp3) is 0.500. The summed E-state index contributed by atoms with van der Waals surface area (Å²) in [5.41, 5.74) is -1.18. The van der Waals surface area contributed by atoms with Crippen LogP contribution in [-0.4, -0.2) is 24.6 Å². The Kier molecular flexibility index (Phi) is 8.20. The van der Waals surface area contributed by atoms with Gasteiger partial charge in [0.15, 0.2) is 5.92 Å². The molecule has 1 rings (SSSR count). The molecule has 0 heterocycles. The number of methoxy groups -OCH3 is 1. The Balaban J connectivity index is 0.00000529. The maximum absolute atomic E-state index is 12.5. The summed E-state index contributed by atoms with van der Waals surface area (Å²) in [5, 5.41) is 0. The van der Waals surface area contributed by atoms with E-state index in [9.17, 15) is 22.8 Å². The lowest BCUT2D eigenvalue weighted by Gasteiger charge is -2.23. The smallest absolute Gasteiger partial charge is 0.416 e. The number of hydrogen-bond donors (Lipinski definition) is 0. The zero-order chi connectivity index (χ0) is 17.8. The third-order valence-corrected chi connectivity index (χ3v) is 2.90. The minimum Gasteiger partial charge on any atom is -0.468 e. The predicted molar refractivity (Wildman–Crippen MR) is 91.9 cm³/mol. The molecule has 0 fully saturated rings. The minimum absolute atomic E-state index is 0. The van der Waals surface area contributed by atoms with Gasteiger partial charge in [-0.05, 0) is 44.9 Å². The lowest BCUT2D eigenvalue weighted by molar-refractivity contribution is -0.168. The van der Waals surface area contributed by atoms with Gasteiger partial charge in [-0.25, -0.2) is 0 Å². The van der Waals surface area contributed by atoms with Crippen LogP contribution in [0.15, 0.2) is 24.3 Å². The first-order valence-corrected chi connectivity index (χ1v) is 6.91. The summed E-state index contributed by atoms with van der Waals surface area (Å²) in [6.45, 7) is 4.95. The Morgan fingerprint density at radius 3 is 1.92 bits per heavy atom. The molecule has 0 aliphatic rings. The number of halogens is 4. The highest BCUT2D eigenvalue weighted by molar-refractivity contribution is 14.0. The van der Waals surface area contributed by atoms with Crippen molar-refractivity contribution in [1.29, 1.82) is 0 Å². The van der Waals surface area contributed by atoms with Gasteiger partial charge in [-0.1, -0.05) is 12.1 Å². The van der Waals surface area contributed by atoms with E-state index < -0.39 is 35.2 Å². The van der Waals surface area contributed by atoms with Crippen molar-refractivity contribution in [2.75, 3.05) is 7.11 Å². The summed E-state index contributed by atoms with van der Waals surface area (Å²) >= 11 is 0. The van der Waals surface area contributed by atoms with Crippen molar-refractivity contribution in [3.8, 4) is 0 Å². The Morgan fingerprint density at radius 1 is 1.04 bits per heavy atom. The van der Waals surface area contributed by atoms with Crippen molar-refractivity contribution in [2.24, 2.45) is 5.92 Å². The number of ether oxygens (including phenoxy) is 2. The van der Waals surface area contributed by atoms with Gasteiger partial charge in [-0.2, -0.15) is 13.2 Å². The average Bonchev–Trinajstić information content (AvgIpc) is 2.41. The second-order valence-corrected chi connectivity index (χ2v) is 6.01.